The predicted octanol–water partition coefficient (Wildman–Crippen LogP) is 14.1. The van der Waals surface area contributed by atoms with Crippen LogP contribution >= 0.6 is 0 Å². The van der Waals surface area contributed by atoms with Crippen molar-refractivity contribution in [3.05, 3.63) is 23.7 Å². The molecule has 0 saturated heterocycles. The molecule has 0 aromatic carbocycles. The fourth-order valence-corrected chi connectivity index (χ4v) is 6.35. The second-order valence-corrected chi connectivity index (χ2v) is 13.9. The van der Waals surface area contributed by atoms with Gasteiger partial charge < -0.3 is 14.9 Å². The SMILES string of the molecule is CCCCCCCCCCCCCCCCCC(=CCCO)OC(=CCCO)CCCCCCCCCCCCCCCCC. The van der Waals surface area contributed by atoms with Gasteiger partial charge in [-0.1, -0.05) is 194 Å². The van der Waals surface area contributed by atoms with Crippen molar-refractivity contribution in [2.24, 2.45) is 0 Å². The Balaban J connectivity index is 3.96. The third-order valence-electron chi connectivity index (χ3n) is 9.32. The predicted molar refractivity (Wildman–Crippen MR) is 200 cm³/mol. The Kier molecular flexibility index (Phi) is 38.7. The number of hydrogen-bond donors (Lipinski definition) is 2. The van der Waals surface area contributed by atoms with Gasteiger partial charge in [-0.3, -0.25) is 0 Å². The highest BCUT2D eigenvalue weighted by molar-refractivity contribution is 5.02. The minimum Gasteiger partial charge on any atom is -0.467 e. The molecule has 0 aromatic heterocycles. The molecule has 0 aliphatic rings. The number of unbranched alkanes of at least 4 members (excludes halogenated alkanes) is 28. The summed E-state index contributed by atoms with van der Waals surface area (Å²) in [6.07, 6.45) is 48.7. The van der Waals surface area contributed by atoms with Crippen molar-refractivity contribution in [2.45, 2.75) is 232 Å². The van der Waals surface area contributed by atoms with Crippen LogP contribution in [0.15, 0.2) is 23.7 Å². The number of hydrogen-bond acceptors (Lipinski definition) is 3. The van der Waals surface area contributed by atoms with Crippen LogP contribution in [0.1, 0.15) is 232 Å². The lowest BCUT2D eigenvalue weighted by atomic mass is 10.0. The van der Waals surface area contributed by atoms with Crippen molar-refractivity contribution in [1.82, 2.24) is 0 Å². The van der Waals surface area contributed by atoms with Gasteiger partial charge in [0.15, 0.2) is 0 Å². The summed E-state index contributed by atoms with van der Waals surface area (Å²) in [5.41, 5.74) is 0. The lowest BCUT2D eigenvalue weighted by Crippen LogP contribution is -1.97. The Bertz CT molecular complexity index is 559. The standard InChI is InChI=1S/C42H82O3/c1-3-5-7-9-11-13-15-17-19-21-23-25-27-29-31-35-41(37-33-39-43)45-42(38-34-40-44)36-32-30-28-26-24-22-20-18-16-14-12-10-8-6-4-2/h37-38,43-44H,3-36,39-40H2,1-2H3. The van der Waals surface area contributed by atoms with E-state index in [1.165, 1.54) is 180 Å². The number of aliphatic hydroxyl groups excluding tert-OH is 2. The Morgan fingerprint density at radius 3 is 0.800 bits per heavy atom. The molecule has 0 saturated carbocycles. The van der Waals surface area contributed by atoms with E-state index in [2.05, 4.69) is 26.0 Å². The molecule has 268 valence electrons. The Morgan fingerprint density at radius 1 is 0.356 bits per heavy atom. The van der Waals surface area contributed by atoms with Crippen LogP contribution in [0, 0.1) is 0 Å². The van der Waals surface area contributed by atoms with Gasteiger partial charge >= 0.3 is 0 Å². The monoisotopic (exact) mass is 635 g/mol. The molecule has 0 bridgehead atoms. The van der Waals surface area contributed by atoms with Crippen molar-refractivity contribution in [1.29, 1.82) is 0 Å². The molecule has 0 amide bonds. The van der Waals surface area contributed by atoms with E-state index in [0.29, 0.717) is 12.8 Å². The molecule has 0 heterocycles. The molecule has 3 nitrogen and oxygen atoms in total. The summed E-state index contributed by atoms with van der Waals surface area (Å²) in [6, 6.07) is 0. The van der Waals surface area contributed by atoms with Gasteiger partial charge in [0.2, 0.25) is 0 Å². The fourth-order valence-electron chi connectivity index (χ4n) is 6.35. The van der Waals surface area contributed by atoms with E-state index < -0.39 is 0 Å². The summed E-state index contributed by atoms with van der Waals surface area (Å²) in [7, 11) is 0. The maximum Gasteiger partial charge on any atom is 0.0997 e. The van der Waals surface area contributed by atoms with Crippen molar-refractivity contribution in [2.75, 3.05) is 13.2 Å². The fraction of sp³-hybridized carbons (Fsp3) is 0.905. The molecule has 45 heavy (non-hydrogen) atoms. The molecule has 0 rings (SSSR count). The van der Waals surface area contributed by atoms with Gasteiger partial charge in [-0.05, 0) is 37.8 Å². The van der Waals surface area contributed by atoms with Crippen LogP contribution in [-0.2, 0) is 4.74 Å². The number of allylic oxidation sites excluding steroid dienone is 2. The van der Waals surface area contributed by atoms with Gasteiger partial charge in [0.05, 0.1) is 11.5 Å². The van der Waals surface area contributed by atoms with Crippen molar-refractivity contribution in [3.63, 3.8) is 0 Å². The maximum absolute atomic E-state index is 9.40. The average Bonchev–Trinajstić information content (AvgIpc) is 3.05. The maximum atomic E-state index is 9.40. The van der Waals surface area contributed by atoms with Crippen LogP contribution in [0.3, 0.4) is 0 Å². The van der Waals surface area contributed by atoms with Gasteiger partial charge in [0.1, 0.15) is 0 Å². The van der Waals surface area contributed by atoms with Crippen LogP contribution in [0.25, 0.3) is 0 Å². The van der Waals surface area contributed by atoms with E-state index >= 15 is 0 Å². The molecule has 0 aromatic rings. The lowest BCUT2D eigenvalue weighted by Gasteiger charge is -2.14. The van der Waals surface area contributed by atoms with Gasteiger partial charge in [-0.15, -0.1) is 0 Å². The van der Waals surface area contributed by atoms with Crippen LogP contribution < -0.4 is 0 Å². The quantitative estimate of drug-likeness (QED) is 0.0525. The van der Waals surface area contributed by atoms with Crippen molar-refractivity contribution in [3.8, 4) is 0 Å². The molecule has 2 N–H and O–H groups in total. The lowest BCUT2D eigenvalue weighted by molar-refractivity contribution is 0.256. The molecule has 0 aliphatic carbocycles. The zero-order valence-electron chi connectivity index (χ0n) is 30.9. The highest BCUT2D eigenvalue weighted by Crippen LogP contribution is 2.22. The number of aliphatic hydroxyl groups is 2. The first-order valence-corrected chi connectivity index (χ1v) is 20.6. The van der Waals surface area contributed by atoms with E-state index in [-0.39, 0.29) is 13.2 Å². The summed E-state index contributed by atoms with van der Waals surface area (Å²) in [5, 5.41) is 18.8. The summed E-state index contributed by atoms with van der Waals surface area (Å²) in [4.78, 5) is 0. The second-order valence-electron chi connectivity index (χ2n) is 13.9. The van der Waals surface area contributed by atoms with E-state index in [9.17, 15) is 10.2 Å². The van der Waals surface area contributed by atoms with Crippen LogP contribution in [0.4, 0.5) is 0 Å². The summed E-state index contributed by atoms with van der Waals surface area (Å²) in [5.74, 6) is 2.03. The van der Waals surface area contributed by atoms with Gasteiger partial charge in [0, 0.05) is 26.1 Å². The van der Waals surface area contributed by atoms with Crippen LogP contribution in [0.2, 0.25) is 0 Å². The molecule has 0 aliphatic heterocycles. The summed E-state index contributed by atoms with van der Waals surface area (Å²) in [6.45, 7) is 4.92. The Labute approximate surface area is 283 Å². The average molecular weight is 635 g/mol. The number of rotatable bonds is 38. The molecule has 0 radical (unpaired) electrons. The molecule has 0 fully saturated rings. The highest BCUT2D eigenvalue weighted by Gasteiger charge is 2.06. The number of ether oxygens (including phenoxy) is 1. The third-order valence-corrected chi connectivity index (χ3v) is 9.32. The normalized spacial score (nSPS) is 12.4. The van der Waals surface area contributed by atoms with Gasteiger partial charge in [0.25, 0.3) is 0 Å². The van der Waals surface area contributed by atoms with E-state index in [1.54, 1.807) is 0 Å². The molecule has 0 unspecified atom stereocenters. The smallest absolute Gasteiger partial charge is 0.0997 e. The van der Waals surface area contributed by atoms with Gasteiger partial charge in [-0.25, -0.2) is 0 Å². The first-order chi connectivity index (χ1) is 22.3. The van der Waals surface area contributed by atoms with Crippen LogP contribution in [-0.4, -0.2) is 23.4 Å². The van der Waals surface area contributed by atoms with E-state index in [0.717, 1.165) is 37.2 Å². The Morgan fingerprint density at radius 2 is 0.578 bits per heavy atom. The second kappa shape index (κ2) is 39.4. The first kappa shape index (κ1) is 44.2. The molecule has 3 heteroatoms. The third kappa shape index (κ3) is 35.9. The molecular weight excluding hydrogens is 552 g/mol. The molecular formula is C42H82O3. The zero-order chi connectivity index (χ0) is 32.7. The topological polar surface area (TPSA) is 49.7 Å². The molecule has 0 atom stereocenters. The largest absolute Gasteiger partial charge is 0.467 e. The summed E-state index contributed by atoms with van der Waals surface area (Å²) < 4.78 is 6.39. The highest BCUT2D eigenvalue weighted by atomic mass is 16.5. The zero-order valence-corrected chi connectivity index (χ0v) is 30.9. The summed E-state index contributed by atoms with van der Waals surface area (Å²) >= 11 is 0. The minimum absolute atomic E-state index is 0.167. The van der Waals surface area contributed by atoms with Crippen molar-refractivity contribution >= 4 is 0 Å². The van der Waals surface area contributed by atoms with E-state index in [4.69, 9.17) is 4.74 Å². The van der Waals surface area contributed by atoms with Crippen LogP contribution in [0.5, 0.6) is 0 Å². The first-order valence-electron chi connectivity index (χ1n) is 20.6. The van der Waals surface area contributed by atoms with Gasteiger partial charge in [-0.2, -0.15) is 0 Å². The van der Waals surface area contributed by atoms with Crippen molar-refractivity contribution < 1.29 is 14.9 Å². The Hall–Kier alpha value is -0.800. The van der Waals surface area contributed by atoms with E-state index in [1.807, 2.05) is 0 Å². The minimum atomic E-state index is 0.167. The molecule has 0 spiro atoms.